The van der Waals surface area contributed by atoms with E-state index in [-0.39, 0.29) is 0 Å². The van der Waals surface area contributed by atoms with Gasteiger partial charge in [-0.05, 0) is 36.8 Å². The highest BCUT2D eigenvalue weighted by Gasteiger charge is 2.07. The molecular weight excluding hydrogens is 354 g/mol. The van der Waals surface area contributed by atoms with Crippen molar-refractivity contribution in [2.75, 3.05) is 7.05 Å². The molecule has 1 aromatic heterocycles. The number of nitrogens with one attached hydrogen (secondary N) is 2. The van der Waals surface area contributed by atoms with Gasteiger partial charge in [0, 0.05) is 24.7 Å². The van der Waals surface area contributed by atoms with Crippen LogP contribution in [0.1, 0.15) is 27.2 Å². The molecule has 7 heteroatoms. The number of hydrogen-bond acceptors (Lipinski definition) is 4. The van der Waals surface area contributed by atoms with Crippen LogP contribution < -0.4 is 16.4 Å². The van der Waals surface area contributed by atoms with Crippen molar-refractivity contribution in [3.8, 4) is 11.5 Å². The molecule has 3 rings (SSSR count). The minimum Gasteiger partial charge on any atom is -0.444 e. The monoisotopic (exact) mass is 377 g/mol. The molecule has 28 heavy (non-hydrogen) atoms. The SMILES string of the molecule is CN=C(NCc1ccc(C(N)=O)cc1)NCc1coc(-c2ccc(C)cc2)n1. The molecule has 0 saturated heterocycles. The fraction of sp³-hybridized carbons (Fsp3) is 0.190. The Morgan fingerprint density at radius 1 is 1.07 bits per heavy atom. The number of nitrogens with zero attached hydrogens (tertiary/aromatic N) is 2. The van der Waals surface area contributed by atoms with Crippen molar-refractivity contribution >= 4 is 11.9 Å². The Morgan fingerprint density at radius 3 is 2.39 bits per heavy atom. The first-order valence-corrected chi connectivity index (χ1v) is 8.90. The summed E-state index contributed by atoms with van der Waals surface area (Å²) in [6.45, 7) is 3.08. The van der Waals surface area contributed by atoms with Gasteiger partial charge in [-0.3, -0.25) is 9.79 Å². The van der Waals surface area contributed by atoms with E-state index < -0.39 is 5.91 Å². The number of carbonyl (C=O) groups excluding carboxylic acids is 1. The first-order chi connectivity index (χ1) is 13.5. The molecule has 0 saturated carbocycles. The lowest BCUT2D eigenvalue weighted by molar-refractivity contribution is 0.100. The zero-order chi connectivity index (χ0) is 19.9. The van der Waals surface area contributed by atoms with E-state index in [1.807, 2.05) is 43.3 Å². The van der Waals surface area contributed by atoms with Gasteiger partial charge in [-0.1, -0.05) is 29.8 Å². The molecular formula is C21H23N5O2. The van der Waals surface area contributed by atoms with Gasteiger partial charge in [0.05, 0.1) is 12.2 Å². The molecule has 0 spiro atoms. The number of nitrogens with two attached hydrogens (primary N) is 1. The van der Waals surface area contributed by atoms with Crippen LogP contribution in [0.25, 0.3) is 11.5 Å². The molecule has 0 aliphatic rings. The largest absolute Gasteiger partial charge is 0.444 e. The van der Waals surface area contributed by atoms with E-state index in [1.54, 1.807) is 25.4 Å². The Labute approximate surface area is 163 Å². The first-order valence-electron chi connectivity index (χ1n) is 8.90. The summed E-state index contributed by atoms with van der Waals surface area (Å²) in [7, 11) is 1.70. The highest BCUT2D eigenvalue weighted by atomic mass is 16.3. The third-order valence-corrected chi connectivity index (χ3v) is 4.21. The number of hydrogen-bond donors (Lipinski definition) is 3. The van der Waals surface area contributed by atoms with E-state index in [4.69, 9.17) is 10.2 Å². The maximum atomic E-state index is 11.1. The van der Waals surface area contributed by atoms with E-state index >= 15 is 0 Å². The molecule has 0 aliphatic heterocycles. The zero-order valence-electron chi connectivity index (χ0n) is 15.9. The van der Waals surface area contributed by atoms with Crippen molar-refractivity contribution in [1.29, 1.82) is 0 Å². The quantitative estimate of drug-likeness (QED) is 0.452. The van der Waals surface area contributed by atoms with Crippen molar-refractivity contribution in [2.24, 2.45) is 10.7 Å². The van der Waals surface area contributed by atoms with Gasteiger partial charge in [0.25, 0.3) is 0 Å². The smallest absolute Gasteiger partial charge is 0.248 e. The van der Waals surface area contributed by atoms with Crippen LogP contribution in [-0.2, 0) is 13.1 Å². The van der Waals surface area contributed by atoms with Crippen LogP contribution in [-0.4, -0.2) is 23.9 Å². The molecule has 7 nitrogen and oxygen atoms in total. The Bertz CT molecular complexity index is 959. The average molecular weight is 377 g/mol. The third kappa shape index (κ3) is 4.97. The van der Waals surface area contributed by atoms with Gasteiger partial charge < -0.3 is 20.8 Å². The summed E-state index contributed by atoms with van der Waals surface area (Å²) in [4.78, 5) is 19.8. The Morgan fingerprint density at radius 2 is 1.75 bits per heavy atom. The molecule has 0 aliphatic carbocycles. The number of aryl methyl sites for hydroxylation is 1. The topological polar surface area (TPSA) is 106 Å². The number of benzene rings is 2. The van der Waals surface area contributed by atoms with Crippen molar-refractivity contribution in [3.05, 3.63) is 77.2 Å². The van der Waals surface area contributed by atoms with Crippen LogP contribution in [0, 0.1) is 6.92 Å². The molecule has 0 atom stereocenters. The van der Waals surface area contributed by atoms with Crippen molar-refractivity contribution < 1.29 is 9.21 Å². The standard InChI is InChI=1S/C21H23N5O2/c1-14-3-7-17(8-4-14)20-26-18(13-28-20)12-25-21(23-2)24-11-15-5-9-16(10-6-15)19(22)27/h3-10,13H,11-12H2,1-2H3,(H2,22,27)(H2,23,24,25). The maximum Gasteiger partial charge on any atom is 0.248 e. The van der Waals surface area contributed by atoms with Crippen molar-refractivity contribution in [2.45, 2.75) is 20.0 Å². The van der Waals surface area contributed by atoms with Crippen molar-refractivity contribution in [3.63, 3.8) is 0 Å². The maximum absolute atomic E-state index is 11.1. The predicted molar refractivity (Wildman–Crippen MR) is 109 cm³/mol. The Balaban J connectivity index is 1.53. The van der Waals surface area contributed by atoms with Crippen LogP contribution >= 0.6 is 0 Å². The van der Waals surface area contributed by atoms with E-state index in [9.17, 15) is 4.79 Å². The summed E-state index contributed by atoms with van der Waals surface area (Å²) in [5.41, 5.74) is 9.66. The number of amides is 1. The normalized spacial score (nSPS) is 11.3. The lowest BCUT2D eigenvalue weighted by Gasteiger charge is -2.11. The van der Waals surface area contributed by atoms with Crippen LogP contribution in [0.15, 0.2) is 64.2 Å². The fourth-order valence-electron chi connectivity index (χ4n) is 2.58. The Kier molecular flexibility index (Phi) is 6.06. The van der Waals surface area contributed by atoms with Gasteiger partial charge in [-0.2, -0.15) is 0 Å². The van der Waals surface area contributed by atoms with Gasteiger partial charge in [0.2, 0.25) is 11.8 Å². The van der Waals surface area contributed by atoms with Crippen LogP contribution in [0.5, 0.6) is 0 Å². The molecule has 0 radical (unpaired) electrons. The lowest BCUT2D eigenvalue weighted by Crippen LogP contribution is -2.36. The van der Waals surface area contributed by atoms with E-state index in [0.717, 1.165) is 16.8 Å². The molecule has 144 valence electrons. The van der Waals surface area contributed by atoms with Gasteiger partial charge in [-0.15, -0.1) is 0 Å². The van der Waals surface area contributed by atoms with Crippen LogP contribution in [0.3, 0.4) is 0 Å². The summed E-state index contributed by atoms with van der Waals surface area (Å²) in [5, 5.41) is 6.42. The number of rotatable bonds is 6. The third-order valence-electron chi connectivity index (χ3n) is 4.21. The second-order valence-corrected chi connectivity index (χ2v) is 6.35. The number of oxazole rings is 1. The number of aliphatic imine (C=N–C) groups is 1. The molecule has 0 bridgehead atoms. The lowest BCUT2D eigenvalue weighted by atomic mass is 10.1. The second kappa shape index (κ2) is 8.85. The fourth-order valence-corrected chi connectivity index (χ4v) is 2.58. The number of carbonyl (C=O) groups is 1. The van der Waals surface area contributed by atoms with Gasteiger partial charge in [-0.25, -0.2) is 4.98 Å². The second-order valence-electron chi connectivity index (χ2n) is 6.35. The van der Waals surface area contributed by atoms with Gasteiger partial charge >= 0.3 is 0 Å². The van der Waals surface area contributed by atoms with Crippen LogP contribution in [0.4, 0.5) is 0 Å². The molecule has 4 N–H and O–H groups in total. The van der Waals surface area contributed by atoms with E-state index in [0.29, 0.717) is 30.5 Å². The molecule has 0 fully saturated rings. The predicted octanol–water partition coefficient (Wildman–Crippen LogP) is 2.61. The average Bonchev–Trinajstić information content (AvgIpc) is 3.18. The minimum atomic E-state index is -0.436. The highest BCUT2D eigenvalue weighted by Crippen LogP contribution is 2.18. The summed E-state index contributed by atoms with van der Waals surface area (Å²) >= 11 is 0. The molecule has 3 aromatic rings. The van der Waals surface area contributed by atoms with Gasteiger partial charge in [0.15, 0.2) is 5.96 Å². The van der Waals surface area contributed by atoms with Gasteiger partial charge in [0.1, 0.15) is 6.26 Å². The molecule has 0 unspecified atom stereocenters. The minimum absolute atomic E-state index is 0.436. The summed E-state index contributed by atoms with van der Waals surface area (Å²) in [6.07, 6.45) is 1.64. The molecule has 1 amide bonds. The van der Waals surface area contributed by atoms with Crippen LogP contribution in [0.2, 0.25) is 0 Å². The van der Waals surface area contributed by atoms with Crippen molar-refractivity contribution in [1.82, 2.24) is 15.6 Å². The number of primary amides is 1. The summed E-state index contributed by atoms with van der Waals surface area (Å²) < 4.78 is 5.57. The molecule has 2 aromatic carbocycles. The zero-order valence-corrected chi connectivity index (χ0v) is 15.9. The number of guanidine groups is 1. The van der Waals surface area contributed by atoms with E-state index in [1.165, 1.54) is 5.56 Å². The Hall–Kier alpha value is -3.61. The summed E-state index contributed by atoms with van der Waals surface area (Å²) in [5.74, 6) is 0.794. The summed E-state index contributed by atoms with van der Waals surface area (Å²) in [6, 6.07) is 15.1. The van der Waals surface area contributed by atoms with E-state index in [2.05, 4.69) is 20.6 Å². The first kappa shape index (κ1) is 19.2. The highest BCUT2D eigenvalue weighted by molar-refractivity contribution is 5.92. The number of aromatic nitrogens is 1. The molecule has 1 heterocycles.